The molecule has 2 heterocycles. The first-order valence-corrected chi connectivity index (χ1v) is 11.5. The number of hydrogen-bond acceptors (Lipinski definition) is 9. The van der Waals surface area contributed by atoms with Crippen molar-refractivity contribution in [2.45, 2.75) is 54.0 Å². The van der Waals surface area contributed by atoms with Crippen LogP contribution in [-0.4, -0.2) is 49.2 Å². The number of imidazole rings is 1. The molecule has 0 saturated heterocycles. The van der Waals surface area contributed by atoms with Crippen molar-refractivity contribution >= 4 is 30.9 Å². The lowest BCUT2D eigenvalue weighted by atomic mass is 9.97. The third kappa shape index (κ3) is 6.89. The molecule has 0 aliphatic carbocycles. The number of aromatic nitrogens is 4. The predicted octanol–water partition coefficient (Wildman–Crippen LogP) is 3.18. The fourth-order valence-corrected chi connectivity index (χ4v) is 3.22. The molecule has 0 spiro atoms. The van der Waals surface area contributed by atoms with Crippen LogP contribution in [0.15, 0.2) is 18.5 Å². The summed E-state index contributed by atoms with van der Waals surface area (Å²) in [6, 6.07) is -1.44. The van der Waals surface area contributed by atoms with E-state index in [-0.39, 0.29) is 12.0 Å². The van der Waals surface area contributed by atoms with Crippen molar-refractivity contribution in [3.05, 3.63) is 24.3 Å². The fourth-order valence-electron chi connectivity index (χ4n) is 2.15. The predicted molar refractivity (Wildman–Crippen MR) is 115 cm³/mol. The van der Waals surface area contributed by atoms with Crippen LogP contribution in [-0.2, 0) is 30.0 Å². The van der Waals surface area contributed by atoms with Gasteiger partial charge in [0.2, 0.25) is 5.88 Å². The molecule has 2 N–H and O–H groups in total. The van der Waals surface area contributed by atoms with Crippen molar-refractivity contribution in [2.75, 3.05) is 6.16 Å². The highest BCUT2D eigenvalue weighted by molar-refractivity contribution is 7.45. The molecule has 170 valence electrons. The number of aromatic hydroxyl groups is 1. The van der Waals surface area contributed by atoms with Crippen LogP contribution < -0.4 is 0 Å². The standard InChI is InChI=1S/C20H29N4O6P/c1-19(2,3)16(26)29-18(30-17(27)20(4,5)6)31(28)10-8-7-9-12-23-13-14(24-12)21-11-22-15(13)25/h7-8,11,18,31H,9-10H2,1-6H3,(H2,21,22,23,24,25)/b8-7+. The minimum atomic E-state index is -2.64. The Hall–Kier alpha value is -2.74. The Labute approximate surface area is 181 Å². The largest absolute Gasteiger partial charge is 0.492 e. The van der Waals surface area contributed by atoms with Gasteiger partial charge in [-0.1, -0.05) is 12.2 Å². The van der Waals surface area contributed by atoms with Crippen molar-refractivity contribution < 1.29 is 28.7 Å². The number of nitrogens with one attached hydrogen (secondary N) is 1. The quantitative estimate of drug-likeness (QED) is 0.280. The molecule has 0 amide bonds. The zero-order valence-electron chi connectivity index (χ0n) is 18.6. The lowest BCUT2D eigenvalue weighted by molar-refractivity contribution is -0.184. The molecule has 2 aromatic rings. The van der Waals surface area contributed by atoms with Gasteiger partial charge in [-0.25, -0.2) is 9.97 Å². The summed E-state index contributed by atoms with van der Waals surface area (Å²) in [5.74, 6) is -0.868. The lowest BCUT2D eigenvalue weighted by Crippen LogP contribution is -2.33. The van der Waals surface area contributed by atoms with Gasteiger partial charge in [-0.05, 0) is 41.5 Å². The summed E-state index contributed by atoms with van der Waals surface area (Å²) in [6.07, 6.45) is 5.00. The average Bonchev–Trinajstić information content (AvgIpc) is 3.07. The van der Waals surface area contributed by atoms with E-state index in [1.807, 2.05) is 0 Å². The molecule has 0 aliphatic rings. The van der Waals surface area contributed by atoms with Crippen LogP contribution >= 0.6 is 7.80 Å². The van der Waals surface area contributed by atoms with Gasteiger partial charge in [0.15, 0.2) is 13.4 Å². The topological polar surface area (TPSA) is 144 Å². The van der Waals surface area contributed by atoms with Crippen LogP contribution in [0.2, 0.25) is 0 Å². The average molecular weight is 452 g/mol. The maximum atomic E-state index is 12.8. The molecule has 0 aromatic carbocycles. The summed E-state index contributed by atoms with van der Waals surface area (Å²) in [7, 11) is -2.64. The summed E-state index contributed by atoms with van der Waals surface area (Å²) in [4.78, 5) is 39.3. The van der Waals surface area contributed by atoms with Crippen molar-refractivity contribution in [3.8, 4) is 5.88 Å². The number of rotatable bonds is 7. The maximum absolute atomic E-state index is 12.8. The van der Waals surface area contributed by atoms with E-state index in [0.717, 1.165) is 0 Å². The molecule has 0 fully saturated rings. The minimum Gasteiger partial charge on any atom is -0.492 e. The zero-order valence-corrected chi connectivity index (χ0v) is 19.6. The van der Waals surface area contributed by atoms with Gasteiger partial charge in [0.05, 0.1) is 10.8 Å². The number of hydrogen-bond donors (Lipinski definition) is 2. The number of H-pyrrole nitrogens is 1. The van der Waals surface area contributed by atoms with Gasteiger partial charge >= 0.3 is 11.9 Å². The molecule has 2 aromatic heterocycles. The van der Waals surface area contributed by atoms with Gasteiger partial charge in [-0.3, -0.25) is 9.59 Å². The Morgan fingerprint density at radius 1 is 1.10 bits per heavy atom. The van der Waals surface area contributed by atoms with E-state index >= 15 is 0 Å². The second-order valence-corrected chi connectivity index (χ2v) is 10.9. The number of carbonyl (C=O) groups excluding carboxylic acids is 2. The number of nitrogens with zero attached hydrogens (tertiary/aromatic N) is 3. The van der Waals surface area contributed by atoms with Crippen LogP contribution in [0.5, 0.6) is 5.88 Å². The molecule has 0 bridgehead atoms. The van der Waals surface area contributed by atoms with Crippen molar-refractivity contribution in [2.24, 2.45) is 10.8 Å². The molecule has 0 aliphatic heterocycles. The molecule has 1 unspecified atom stereocenters. The van der Waals surface area contributed by atoms with Gasteiger partial charge in [-0.15, -0.1) is 0 Å². The highest BCUT2D eigenvalue weighted by Gasteiger charge is 2.34. The number of carbonyl (C=O) groups is 2. The monoisotopic (exact) mass is 452 g/mol. The van der Waals surface area contributed by atoms with Gasteiger partial charge in [-0.2, -0.15) is 4.98 Å². The van der Waals surface area contributed by atoms with Gasteiger partial charge in [0.25, 0.3) is 6.03 Å². The third-order valence-electron chi connectivity index (χ3n) is 4.03. The SMILES string of the molecule is CC(C)(C)C(=O)OC(OC(=O)C(C)(C)C)[PH](=O)C/C=C/Cc1nc2ncnc(O)c2[nH]1. The summed E-state index contributed by atoms with van der Waals surface area (Å²) in [5, 5.41) is 9.69. The Balaban J connectivity index is 2.04. The molecular formula is C20H29N4O6P. The fraction of sp³-hybridized carbons (Fsp3) is 0.550. The summed E-state index contributed by atoms with van der Waals surface area (Å²) < 4.78 is 23.3. The number of esters is 2. The first-order chi connectivity index (χ1) is 14.3. The van der Waals surface area contributed by atoms with E-state index in [1.54, 1.807) is 53.7 Å². The maximum Gasteiger partial charge on any atom is 0.314 e. The molecule has 0 radical (unpaired) electrons. The Bertz CT molecular complexity index is 975. The molecule has 2 rings (SSSR count). The van der Waals surface area contributed by atoms with E-state index < -0.39 is 36.6 Å². The van der Waals surface area contributed by atoms with Crippen LogP contribution in [0.4, 0.5) is 0 Å². The number of allylic oxidation sites excluding steroid dienone is 2. The Morgan fingerprint density at radius 2 is 1.68 bits per heavy atom. The minimum absolute atomic E-state index is 0.0649. The van der Waals surface area contributed by atoms with Crippen molar-refractivity contribution in [3.63, 3.8) is 0 Å². The molecule has 1 atom stereocenters. The number of ether oxygens (including phenoxy) is 2. The zero-order chi connectivity index (χ0) is 23.4. The van der Waals surface area contributed by atoms with E-state index in [1.165, 1.54) is 6.33 Å². The van der Waals surface area contributed by atoms with Gasteiger partial charge in [0.1, 0.15) is 17.7 Å². The van der Waals surface area contributed by atoms with E-state index in [0.29, 0.717) is 23.4 Å². The highest BCUT2D eigenvalue weighted by Crippen LogP contribution is 2.34. The molecular weight excluding hydrogens is 423 g/mol. The van der Waals surface area contributed by atoms with Crippen molar-refractivity contribution in [1.29, 1.82) is 0 Å². The molecule has 11 heteroatoms. The second-order valence-electron chi connectivity index (χ2n) is 9.07. The first-order valence-electron chi connectivity index (χ1n) is 9.77. The Morgan fingerprint density at radius 3 is 2.19 bits per heavy atom. The lowest BCUT2D eigenvalue weighted by Gasteiger charge is -2.25. The smallest absolute Gasteiger partial charge is 0.314 e. The summed E-state index contributed by atoms with van der Waals surface area (Å²) in [5.41, 5.74) is -0.990. The van der Waals surface area contributed by atoms with Crippen LogP contribution in [0.1, 0.15) is 47.4 Å². The number of aromatic amines is 1. The van der Waals surface area contributed by atoms with Gasteiger partial charge in [0, 0.05) is 12.6 Å². The van der Waals surface area contributed by atoms with Crippen LogP contribution in [0, 0.1) is 10.8 Å². The van der Waals surface area contributed by atoms with E-state index in [4.69, 9.17) is 9.47 Å². The molecule has 0 saturated carbocycles. The molecule has 31 heavy (non-hydrogen) atoms. The highest BCUT2D eigenvalue weighted by atomic mass is 31.1. The number of fused-ring (bicyclic) bond motifs is 1. The van der Waals surface area contributed by atoms with Gasteiger partial charge < -0.3 is 24.1 Å². The summed E-state index contributed by atoms with van der Waals surface area (Å²) in [6.45, 7) is 9.94. The normalized spacial score (nSPS) is 13.6. The second kappa shape index (κ2) is 9.60. The molecule has 10 nitrogen and oxygen atoms in total. The van der Waals surface area contributed by atoms with Crippen LogP contribution in [0.25, 0.3) is 11.2 Å². The van der Waals surface area contributed by atoms with Crippen molar-refractivity contribution in [1.82, 2.24) is 19.9 Å². The summed E-state index contributed by atoms with van der Waals surface area (Å²) >= 11 is 0. The third-order valence-corrected chi connectivity index (χ3v) is 5.43. The van der Waals surface area contributed by atoms with Crippen LogP contribution in [0.3, 0.4) is 0 Å². The van der Waals surface area contributed by atoms with E-state index in [9.17, 15) is 19.3 Å². The van der Waals surface area contributed by atoms with E-state index in [2.05, 4.69) is 19.9 Å². The Kier molecular flexibility index (Phi) is 7.59. The first kappa shape index (κ1) is 24.5.